The fraction of sp³-hybridized carbons (Fsp3) is 0.889. The molecule has 1 nitrogen and oxygen atoms in total. The van der Waals surface area contributed by atoms with Crippen molar-refractivity contribution in [2.24, 2.45) is 0 Å². The molecule has 1 atom stereocenters. The SMILES string of the molecule is CC(=O)SCCC(F)C(F)(F)C(F)(F)C(F)(F)C(F)(F)F. The number of hydrogen-bond donors (Lipinski definition) is 0. The minimum atomic E-state index is -7.11. The van der Waals surface area contributed by atoms with Crippen molar-refractivity contribution in [2.75, 3.05) is 5.75 Å². The Kier molecular flexibility index (Phi) is 6.01. The highest BCUT2D eigenvalue weighted by Gasteiger charge is 2.83. The van der Waals surface area contributed by atoms with E-state index in [9.17, 15) is 48.7 Å². The van der Waals surface area contributed by atoms with Crippen LogP contribution in [0.15, 0.2) is 0 Å². The topological polar surface area (TPSA) is 17.1 Å². The van der Waals surface area contributed by atoms with E-state index in [2.05, 4.69) is 0 Å². The first kappa shape index (κ1) is 20.3. The molecule has 0 spiro atoms. The maximum Gasteiger partial charge on any atom is 0.460 e. The van der Waals surface area contributed by atoms with Crippen molar-refractivity contribution >= 4 is 16.9 Å². The fourth-order valence-electron chi connectivity index (χ4n) is 1.07. The van der Waals surface area contributed by atoms with Crippen LogP contribution >= 0.6 is 11.8 Å². The number of halogens is 10. The minimum absolute atomic E-state index is 0.233. The van der Waals surface area contributed by atoms with E-state index in [0.717, 1.165) is 6.92 Å². The van der Waals surface area contributed by atoms with Crippen molar-refractivity contribution in [3.05, 3.63) is 0 Å². The molecule has 0 radical (unpaired) electrons. The smallest absolute Gasteiger partial charge is 0.288 e. The summed E-state index contributed by atoms with van der Waals surface area (Å²) in [7, 11) is 0. The summed E-state index contributed by atoms with van der Waals surface area (Å²) in [6, 6.07) is 0. The predicted molar refractivity (Wildman–Crippen MR) is 53.5 cm³/mol. The number of hydrogen-bond acceptors (Lipinski definition) is 2. The summed E-state index contributed by atoms with van der Waals surface area (Å²) in [5.41, 5.74) is 0. The molecule has 0 aromatic rings. The second kappa shape index (κ2) is 6.21. The number of carbonyl (C=O) groups is 1. The molecule has 0 heterocycles. The van der Waals surface area contributed by atoms with Gasteiger partial charge in [-0.3, -0.25) is 4.79 Å². The van der Waals surface area contributed by atoms with Gasteiger partial charge >= 0.3 is 23.9 Å². The molecule has 0 fully saturated rings. The van der Waals surface area contributed by atoms with Gasteiger partial charge in [-0.25, -0.2) is 4.39 Å². The van der Waals surface area contributed by atoms with Crippen LogP contribution in [0.3, 0.4) is 0 Å². The molecule has 0 bridgehead atoms. The largest absolute Gasteiger partial charge is 0.460 e. The zero-order chi connectivity index (χ0) is 17.3. The monoisotopic (exact) mass is 354 g/mol. The average Bonchev–Trinajstić information content (AvgIpc) is 2.26. The highest BCUT2D eigenvalue weighted by atomic mass is 32.2. The third kappa shape index (κ3) is 3.95. The fourth-order valence-corrected chi connectivity index (χ4v) is 1.68. The minimum Gasteiger partial charge on any atom is -0.288 e. The Hall–Kier alpha value is -0.680. The summed E-state index contributed by atoms with van der Waals surface area (Å²) in [6.45, 7) is 0.933. The lowest BCUT2D eigenvalue weighted by molar-refractivity contribution is -0.402. The third-order valence-corrected chi connectivity index (χ3v) is 3.09. The van der Waals surface area contributed by atoms with E-state index in [1.165, 1.54) is 0 Å². The van der Waals surface area contributed by atoms with Crippen molar-refractivity contribution < 1.29 is 48.7 Å². The van der Waals surface area contributed by atoms with Gasteiger partial charge in [0.1, 0.15) is 0 Å². The molecule has 0 N–H and O–H groups in total. The standard InChI is InChI=1S/C9H8F10OS/c1-4(20)21-3-2-5(10)6(11,12)7(13,14)8(15,16)9(17,18)19/h5H,2-3H2,1H3. The second-order valence-corrected chi connectivity index (χ2v) is 5.14. The summed E-state index contributed by atoms with van der Waals surface area (Å²) in [6.07, 6.45) is -12.5. The summed E-state index contributed by atoms with van der Waals surface area (Å²) in [5, 5.41) is -0.696. The molecule has 0 aromatic heterocycles. The maximum absolute atomic E-state index is 13.0. The van der Waals surface area contributed by atoms with Gasteiger partial charge in [0.05, 0.1) is 0 Å². The van der Waals surface area contributed by atoms with Gasteiger partial charge in [0.25, 0.3) is 0 Å². The van der Waals surface area contributed by atoms with Crippen molar-refractivity contribution in [1.29, 1.82) is 0 Å². The van der Waals surface area contributed by atoms with Crippen LogP contribution in [0.5, 0.6) is 0 Å². The van der Waals surface area contributed by atoms with Gasteiger partial charge in [-0.15, -0.1) is 0 Å². The van der Waals surface area contributed by atoms with Gasteiger partial charge in [0, 0.05) is 12.7 Å². The second-order valence-electron chi connectivity index (χ2n) is 3.87. The first-order chi connectivity index (χ1) is 9.09. The lowest BCUT2D eigenvalue weighted by atomic mass is 9.98. The van der Waals surface area contributed by atoms with Crippen LogP contribution in [0.1, 0.15) is 13.3 Å². The number of thioether (sulfide) groups is 1. The van der Waals surface area contributed by atoms with Crippen molar-refractivity contribution in [2.45, 2.75) is 43.5 Å². The Balaban J connectivity index is 5.23. The van der Waals surface area contributed by atoms with Crippen LogP contribution in [0.25, 0.3) is 0 Å². The third-order valence-electron chi connectivity index (χ3n) is 2.24. The molecule has 1 unspecified atom stereocenters. The first-order valence-corrected chi connectivity index (χ1v) is 6.05. The quantitative estimate of drug-likeness (QED) is 0.655. The Bertz CT molecular complexity index is 377. The van der Waals surface area contributed by atoms with E-state index < -0.39 is 47.4 Å². The molecule has 0 aliphatic rings. The molecule has 0 aliphatic heterocycles. The molecule has 21 heavy (non-hydrogen) atoms. The highest BCUT2D eigenvalue weighted by molar-refractivity contribution is 8.13. The molecule has 0 saturated heterocycles. The van der Waals surface area contributed by atoms with Crippen LogP contribution < -0.4 is 0 Å². The first-order valence-electron chi connectivity index (χ1n) is 5.06. The van der Waals surface area contributed by atoms with E-state index in [4.69, 9.17) is 0 Å². The molecule has 0 aliphatic carbocycles. The molecule has 0 rings (SSSR count). The Labute approximate surface area is 116 Å². The zero-order valence-electron chi connectivity index (χ0n) is 10.1. The zero-order valence-corrected chi connectivity index (χ0v) is 10.9. The van der Waals surface area contributed by atoms with Crippen LogP contribution in [0.4, 0.5) is 43.9 Å². The van der Waals surface area contributed by atoms with Crippen LogP contribution in [0.2, 0.25) is 0 Å². The molecular weight excluding hydrogens is 346 g/mol. The van der Waals surface area contributed by atoms with Crippen LogP contribution in [0, 0.1) is 0 Å². The van der Waals surface area contributed by atoms with Crippen molar-refractivity contribution in [3.63, 3.8) is 0 Å². The summed E-state index contributed by atoms with van der Waals surface area (Å²) in [4.78, 5) is 10.4. The van der Waals surface area contributed by atoms with E-state index in [0.29, 0.717) is 0 Å². The number of rotatable bonds is 6. The molecule has 0 amide bonds. The Morgan fingerprint density at radius 3 is 1.71 bits per heavy atom. The lowest BCUT2D eigenvalue weighted by Gasteiger charge is -2.35. The molecule has 126 valence electrons. The summed E-state index contributed by atoms with van der Waals surface area (Å²) in [5.74, 6) is -21.1. The van der Waals surface area contributed by atoms with E-state index >= 15 is 0 Å². The van der Waals surface area contributed by atoms with E-state index in [1.807, 2.05) is 0 Å². The molecule has 0 aromatic carbocycles. The highest BCUT2D eigenvalue weighted by Crippen LogP contribution is 2.54. The van der Waals surface area contributed by atoms with Crippen molar-refractivity contribution in [1.82, 2.24) is 0 Å². The van der Waals surface area contributed by atoms with Gasteiger partial charge in [0.15, 0.2) is 11.3 Å². The van der Waals surface area contributed by atoms with Gasteiger partial charge < -0.3 is 0 Å². The molecular formula is C9H8F10OS. The van der Waals surface area contributed by atoms with Gasteiger partial charge in [-0.05, 0) is 6.42 Å². The van der Waals surface area contributed by atoms with Crippen molar-refractivity contribution in [3.8, 4) is 0 Å². The Morgan fingerprint density at radius 1 is 0.952 bits per heavy atom. The number of carbonyl (C=O) groups excluding carboxylic acids is 1. The average molecular weight is 354 g/mol. The van der Waals surface area contributed by atoms with E-state index in [-0.39, 0.29) is 11.8 Å². The predicted octanol–water partition coefficient (Wildman–Crippen LogP) is 4.46. The lowest BCUT2D eigenvalue weighted by Crippen LogP contribution is -2.63. The van der Waals surface area contributed by atoms with Crippen LogP contribution in [-0.4, -0.2) is 41.0 Å². The van der Waals surface area contributed by atoms with Gasteiger partial charge in [0.2, 0.25) is 0 Å². The van der Waals surface area contributed by atoms with Gasteiger partial charge in [-0.1, -0.05) is 11.8 Å². The maximum atomic E-state index is 13.0. The normalized spacial score (nSPS) is 16.0. The summed E-state index contributed by atoms with van der Waals surface area (Å²) < 4.78 is 125. The van der Waals surface area contributed by atoms with Gasteiger partial charge in [-0.2, -0.15) is 39.5 Å². The summed E-state index contributed by atoms with van der Waals surface area (Å²) >= 11 is 0.233. The Morgan fingerprint density at radius 2 is 1.38 bits per heavy atom. The van der Waals surface area contributed by atoms with E-state index in [1.54, 1.807) is 0 Å². The molecule has 12 heteroatoms. The molecule has 0 saturated carbocycles. The number of alkyl halides is 10. The van der Waals surface area contributed by atoms with Crippen LogP contribution in [-0.2, 0) is 4.79 Å².